The van der Waals surface area contributed by atoms with Crippen molar-refractivity contribution in [3.05, 3.63) is 65.9 Å². The summed E-state index contributed by atoms with van der Waals surface area (Å²) in [6.45, 7) is 3.74. The van der Waals surface area contributed by atoms with Crippen LogP contribution < -0.4 is 0 Å². The van der Waals surface area contributed by atoms with Crippen LogP contribution in [0.5, 0.6) is 0 Å². The number of rotatable bonds is 5. The number of nitrogens with zero attached hydrogens (tertiary/aromatic N) is 4. The van der Waals surface area contributed by atoms with Crippen LogP contribution in [0, 0.1) is 12.8 Å². The van der Waals surface area contributed by atoms with Gasteiger partial charge in [-0.15, -0.1) is 5.10 Å². The van der Waals surface area contributed by atoms with E-state index in [1.807, 2.05) is 19.1 Å². The Hall–Kier alpha value is -2.38. The number of benzene rings is 1. The lowest BCUT2D eigenvalue weighted by molar-refractivity contribution is 0.0764. The number of thioether (sulfide) groups is 1. The molecule has 0 N–H and O–H groups in total. The van der Waals surface area contributed by atoms with Gasteiger partial charge in [-0.25, -0.2) is 4.98 Å². The number of hydrogen-bond donors (Lipinski definition) is 0. The maximum absolute atomic E-state index is 13.1. The number of piperidine rings is 1. The molecule has 29 heavy (non-hydrogen) atoms. The molecule has 4 heterocycles. The van der Waals surface area contributed by atoms with Crippen molar-refractivity contribution in [3.63, 3.8) is 0 Å². The highest BCUT2D eigenvalue weighted by Gasteiger charge is 2.44. The zero-order chi connectivity index (χ0) is 19.8. The van der Waals surface area contributed by atoms with Crippen LogP contribution in [-0.4, -0.2) is 43.9 Å². The van der Waals surface area contributed by atoms with Gasteiger partial charge in [0, 0.05) is 0 Å². The molecule has 0 bridgehead atoms. The summed E-state index contributed by atoms with van der Waals surface area (Å²) >= 11 is 1.51. The molecule has 0 radical (unpaired) electrons. The van der Waals surface area contributed by atoms with Crippen LogP contribution in [-0.2, 0) is 6.42 Å². The Kier molecular flexibility index (Phi) is 5.01. The second-order valence-corrected chi connectivity index (χ2v) is 8.97. The van der Waals surface area contributed by atoms with Gasteiger partial charge in [-0.2, -0.15) is 4.68 Å². The number of aryl methyl sites for hydroxylation is 1. The standard InChI is InChI=1S/C22H24N4O2S/c1-15-23-22-26(24-15)21(27)20(29-22)19(18-8-5-13-28-18)25-11-9-17(10-12-25)14-16-6-3-2-4-7-16/h2-8,13,17,19-20H,9-12,14H2,1H3. The number of carbonyl (C=O) groups is 1. The predicted molar refractivity (Wildman–Crippen MR) is 111 cm³/mol. The molecular formula is C22H24N4O2S. The quantitative estimate of drug-likeness (QED) is 0.636. The van der Waals surface area contributed by atoms with Gasteiger partial charge in [-0.1, -0.05) is 42.1 Å². The molecule has 1 saturated heterocycles. The highest BCUT2D eigenvalue weighted by molar-refractivity contribution is 8.00. The Morgan fingerprint density at radius 1 is 1.17 bits per heavy atom. The molecule has 2 unspecified atom stereocenters. The minimum absolute atomic E-state index is 0.00147. The zero-order valence-corrected chi connectivity index (χ0v) is 17.2. The van der Waals surface area contributed by atoms with Gasteiger partial charge in [0.1, 0.15) is 16.8 Å². The van der Waals surface area contributed by atoms with Crippen molar-refractivity contribution < 1.29 is 9.21 Å². The van der Waals surface area contributed by atoms with E-state index in [0.29, 0.717) is 16.9 Å². The van der Waals surface area contributed by atoms with E-state index in [0.717, 1.165) is 38.1 Å². The van der Waals surface area contributed by atoms with E-state index in [-0.39, 0.29) is 17.2 Å². The molecule has 7 heteroatoms. The average Bonchev–Trinajstić information content (AvgIpc) is 3.44. The first kappa shape index (κ1) is 18.6. The van der Waals surface area contributed by atoms with Gasteiger partial charge in [0.05, 0.1) is 12.3 Å². The minimum Gasteiger partial charge on any atom is -0.468 e. The first-order chi connectivity index (χ1) is 14.2. The van der Waals surface area contributed by atoms with Crippen LogP contribution >= 0.6 is 11.8 Å². The van der Waals surface area contributed by atoms with Gasteiger partial charge in [0.2, 0.25) is 0 Å². The fourth-order valence-corrected chi connectivity index (χ4v) is 5.74. The molecule has 5 rings (SSSR count). The summed E-state index contributed by atoms with van der Waals surface area (Å²) in [7, 11) is 0. The van der Waals surface area contributed by atoms with E-state index in [9.17, 15) is 4.79 Å². The van der Waals surface area contributed by atoms with Gasteiger partial charge < -0.3 is 4.42 Å². The second-order valence-electron chi connectivity index (χ2n) is 7.86. The van der Waals surface area contributed by atoms with Crippen LogP contribution in [0.25, 0.3) is 0 Å². The lowest BCUT2D eigenvalue weighted by atomic mass is 9.89. The summed E-state index contributed by atoms with van der Waals surface area (Å²) in [5.74, 6) is 2.16. The predicted octanol–water partition coefficient (Wildman–Crippen LogP) is 3.99. The number of furan rings is 1. The Bertz CT molecular complexity index is 978. The molecule has 1 fully saturated rings. The van der Waals surface area contributed by atoms with Gasteiger partial charge in [0.15, 0.2) is 5.16 Å². The number of likely N-dealkylation sites (tertiary alicyclic amines) is 1. The van der Waals surface area contributed by atoms with Crippen molar-refractivity contribution in [1.29, 1.82) is 0 Å². The van der Waals surface area contributed by atoms with Gasteiger partial charge in [0.25, 0.3) is 5.91 Å². The molecule has 2 aliphatic rings. The first-order valence-electron chi connectivity index (χ1n) is 10.1. The first-order valence-corrected chi connectivity index (χ1v) is 11.0. The fraction of sp³-hybridized carbons (Fsp3) is 0.409. The third-order valence-corrected chi connectivity index (χ3v) is 7.09. The molecule has 0 spiro atoms. The minimum atomic E-state index is -0.276. The lowest BCUT2D eigenvalue weighted by Gasteiger charge is -2.38. The summed E-state index contributed by atoms with van der Waals surface area (Å²) in [6, 6.07) is 14.5. The fourth-order valence-electron chi connectivity index (χ4n) is 4.46. The van der Waals surface area contributed by atoms with E-state index in [4.69, 9.17) is 4.42 Å². The van der Waals surface area contributed by atoms with Crippen LogP contribution in [0.1, 0.15) is 40.8 Å². The van der Waals surface area contributed by atoms with Crippen molar-refractivity contribution >= 4 is 17.7 Å². The highest BCUT2D eigenvalue weighted by Crippen LogP contribution is 2.42. The Labute approximate surface area is 174 Å². The van der Waals surface area contributed by atoms with Gasteiger partial charge in [-0.05, 0) is 62.9 Å². The van der Waals surface area contributed by atoms with Crippen molar-refractivity contribution in [1.82, 2.24) is 19.7 Å². The molecule has 0 amide bonds. The van der Waals surface area contributed by atoms with Crippen molar-refractivity contribution in [2.45, 2.75) is 42.6 Å². The molecule has 1 aromatic carbocycles. The molecule has 0 aliphatic carbocycles. The Balaban J connectivity index is 1.32. The molecule has 2 aromatic heterocycles. The maximum atomic E-state index is 13.1. The number of aromatic nitrogens is 3. The summed E-state index contributed by atoms with van der Waals surface area (Å²) < 4.78 is 7.24. The van der Waals surface area contributed by atoms with Crippen molar-refractivity contribution in [2.75, 3.05) is 13.1 Å². The molecule has 0 saturated carbocycles. The lowest BCUT2D eigenvalue weighted by Crippen LogP contribution is -2.43. The molecule has 150 valence electrons. The third-order valence-electron chi connectivity index (χ3n) is 5.90. The zero-order valence-electron chi connectivity index (χ0n) is 16.4. The summed E-state index contributed by atoms with van der Waals surface area (Å²) in [6.07, 6.45) is 5.06. The molecule has 2 aliphatic heterocycles. The monoisotopic (exact) mass is 408 g/mol. The normalized spacial score (nSPS) is 21.4. The van der Waals surface area contributed by atoms with E-state index < -0.39 is 0 Å². The summed E-state index contributed by atoms with van der Waals surface area (Å²) in [5.41, 5.74) is 1.40. The molecule has 3 aromatic rings. The maximum Gasteiger partial charge on any atom is 0.265 e. The molecular weight excluding hydrogens is 384 g/mol. The van der Waals surface area contributed by atoms with Crippen molar-refractivity contribution in [2.24, 2.45) is 5.92 Å². The number of fused-ring (bicyclic) bond motifs is 1. The Morgan fingerprint density at radius 3 is 2.66 bits per heavy atom. The highest BCUT2D eigenvalue weighted by atomic mass is 32.2. The molecule has 6 nitrogen and oxygen atoms in total. The van der Waals surface area contributed by atoms with Gasteiger partial charge in [-0.3, -0.25) is 9.69 Å². The van der Waals surface area contributed by atoms with Crippen LogP contribution in [0.2, 0.25) is 0 Å². The van der Waals surface area contributed by atoms with Crippen LogP contribution in [0.3, 0.4) is 0 Å². The van der Waals surface area contributed by atoms with E-state index in [1.165, 1.54) is 22.0 Å². The van der Waals surface area contributed by atoms with Crippen molar-refractivity contribution in [3.8, 4) is 0 Å². The summed E-state index contributed by atoms with van der Waals surface area (Å²) in [5, 5.41) is 4.69. The van der Waals surface area contributed by atoms with E-state index in [2.05, 4.69) is 45.3 Å². The van der Waals surface area contributed by atoms with E-state index in [1.54, 1.807) is 6.26 Å². The largest absolute Gasteiger partial charge is 0.468 e. The van der Waals surface area contributed by atoms with E-state index >= 15 is 0 Å². The number of carbonyl (C=O) groups excluding carboxylic acids is 1. The van der Waals surface area contributed by atoms with Crippen LogP contribution in [0.4, 0.5) is 0 Å². The summed E-state index contributed by atoms with van der Waals surface area (Å²) in [4.78, 5) is 19.9. The smallest absolute Gasteiger partial charge is 0.265 e. The Morgan fingerprint density at radius 2 is 1.97 bits per heavy atom. The topological polar surface area (TPSA) is 64.2 Å². The third kappa shape index (κ3) is 3.65. The second kappa shape index (κ2) is 7.80. The average molecular weight is 409 g/mol. The molecule has 2 atom stereocenters. The number of hydrogen-bond acceptors (Lipinski definition) is 6. The SMILES string of the molecule is Cc1nc2n(n1)C(=O)C(C(c1ccco1)N1CCC(Cc3ccccc3)CC1)S2. The van der Waals surface area contributed by atoms with Crippen LogP contribution in [0.15, 0.2) is 58.3 Å². The van der Waals surface area contributed by atoms with Gasteiger partial charge >= 0.3 is 0 Å².